The molecular weight excluding hydrogens is 249 g/mol. The standard InChI is InChI=1S/C13H18FN3O2/c1-10(19)6-11-7-12(14)13(15-8-11)17-4-2-16(9-18)3-5-17/h7-10,19H,2-6H2,1H3/t10-/m0/s1. The van der Waals surface area contributed by atoms with Crippen LogP contribution in [0.25, 0.3) is 0 Å². The highest BCUT2D eigenvalue weighted by atomic mass is 19.1. The van der Waals surface area contributed by atoms with Crippen molar-refractivity contribution in [1.82, 2.24) is 9.88 Å². The van der Waals surface area contributed by atoms with Crippen LogP contribution in [0.5, 0.6) is 0 Å². The molecule has 1 atom stereocenters. The highest BCUT2D eigenvalue weighted by Gasteiger charge is 2.19. The largest absolute Gasteiger partial charge is 0.393 e. The summed E-state index contributed by atoms with van der Waals surface area (Å²) in [5, 5.41) is 9.27. The topological polar surface area (TPSA) is 56.7 Å². The molecule has 1 aliphatic heterocycles. The first-order valence-electron chi connectivity index (χ1n) is 6.37. The zero-order valence-electron chi connectivity index (χ0n) is 10.9. The summed E-state index contributed by atoms with van der Waals surface area (Å²) in [6.07, 6.45) is 2.29. The molecule has 19 heavy (non-hydrogen) atoms. The Morgan fingerprint density at radius 2 is 2.16 bits per heavy atom. The minimum atomic E-state index is -0.511. The van der Waals surface area contributed by atoms with Gasteiger partial charge < -0.3 is 14.9 Å². The van der Waals surface area contributed by atoms with Gasteiger partial charge in [-0.1, -0.05) is 0 Å². The molecule has 1 aromatic rings. The summed E-state index contributed by atoms with van der Waals surface area (Å²) in [5.74, 6) is -0.0578. The molecule has 6 heteroatoms. The minimum Gasteiger partial charge on any atom is -0.393 e. The predicted octanol–water partition coefficient (Wildman–Crippen LogP) is 0.422. The van der Waals surface area contributed by atoms with Crippen molar-refractivity contribution in [1.29, 1.82) is 0 Å². The maximum absolute atomic E-state index is 14.0. The van der Waals surface area contributed by atoms with E-state index in [0.717, 1.165) is 6.41 Å². The summed E-state index contributed by atoms with van der Waals surface area (Å²) in [6.45, 7) is 3.99. The number of carbonyl (C=O) groups is 1. The van der Waals surface area contributed by atoms with E-state index in [0.29, 0.717) is 44.0 Å². The molecule has 0 aromatic carbocycles. The summed E-state index contributed by atoms with van der Waals surface area (Å²) in [4.78, 5) is 18.2. The van der Waals surface area contributed by atoms with E-state index in [1.165, 1.54) is 6.07 Å². The number of piperazine rings is 1. The van der Waals surface area contributed by atoms with Crippen molar-refractivity contribution in [3.8, 4) is 0 Å². The fourth-order valence-corrected chi connectivity index (χ4v) is 2.19. The number of pyridine rings is 1. The van der Waals surface area contributed by atoms with Crippen LogP contribution in [0.2, 0.25) is 0 Å². The molecular formula is C13H18FN3O2. The molecule has 0 saturated carbocycles. The maximum Gasteiger partial charge on any atom is 0.209 e. The summed E-state index contributed by atoms with van der Waals surface area (Å²) in [5.41, 5.74) is 0.683. The zero-order valence-corrected chi connectivity index (χ0v) is 10.9. The Hall–Kier alpha value is -1.69. The summed E-state index contributed by atoms with van der Waals surface area (Å²) in [6, 6.07) is 1.42. The molecule has 1 aliphatic rings. The van der Waals surface area contributed by atoms with E-state index in [1.807, 2.05) is 4.90 Å². The molecule has 0 radical (unpaired) electrons. The Morgan fingerprint density at radius 1 is 1.47 bits per heavy atom. The van der Waals surface area contributed by atoms with E-state index in [-0.39, 0.29) is 5.82 Å². The van der Waals surface area contributed by atoms with E-state index in [2.05, 4.69) is 4.98 Å². The monoisotopic (exact) mass is 267 g/mol. The van der Waals surface area contributed by atoms with Crippen molar-refractivity contribution in [2.45, 2.75) is 19.4 Å². The average molecular weight is 267 g/mol. The second kappa shape index (κ2) is 5.97. The number of hydrogen-bond donors (Lipinski definition) is 1. The highest BCUT2D eigenvalue weighted by Crippen LogP contribution is 2.19. The van der Waals surface area contributed by atoms with E-state index >= 15 is 0 Å². The first kappa shape index (κ1) is 13.7. The van der Waals surface area contributed by atoms with Crippen molar-refractivity contribution < 1.29 is 14.3 Å². The second-order valence-electron chi connectivity index (χ2n) is 4.83. The van der Waals surface area contributed by atoms with Crippen LogP contribution in [0.15, 0.2) is 12.3 Å². The van der Waals surface area contributed by atoms with Gasteiger partial charge in [-0.15, -0.1) is 0 Å². The number of anilines is 1. The van der Waals surface area contributed by atoms with E-state index in [1.54, 1.807) is 18.0 Å². The van der Waals surface area contributed by atoms with Gasteiger partial charge in [-0.05, 0) is 25.0 Å². The fraction of sp³-hybridized carbons (Fsp3) is 0.538. The number of amides is 1. The predicted molar refractivity (Wildman–Crippen MR) is 69.4 cm³/mol. The van der Waals surface area contributed by atoms with Gasteiger partial charge in [0.15, 0.2) is 11.6 Å². The van der Waals surface area contributed by atoms with Crippen molar-refractivity contribution >= 4 is 12.2 Å². The Kier molecular flexibility index (Phi) is 4.31. The number of rotatable bonds is 4. The summed E-state index contributed by atoms with van der Waals surface area (Å²) in [7, 11) is 0. The number of halogens is 1. The van der Waals surface area contributed by atoms with Crippen LogP contribution in [0.1, 0.15) is 12.5 Å². The van der Waals surface area contributed by atoms with Crippen molar-refractivity contribution in [2.75, 3.05) is 31.1 Å². The van der Waals surface area contributed by atoms with Gasteiger partial charge in [0, 0.05) is 32.4 Å². The number of aromatic nitrogens is 1. The van der Waals surface area contributed by atoms with Crippen LogP contribution in [-0.2, 0) is 11.2 Å². The summed E-state index contributed by atoms with van der Waals surface area (Å²) < 4.78 is 14.0. The van der Waals surface area contributed by atoms with Gasteiger partial charge in [-0.3, -0.25) is 4.79 Å². The molecule has 1 amide bonds. The number of nitrogens with zero attached hydrogens (tertiary/aromatic N) is 3. The molecule has 5 nitrogen and oxygen atoms in total. The van der Waals surface area contributed by atoms with Crippen LogP contribution >= 0.6 is 0 Å². The Labute approximate surface area is 111 Å². The Balaban J connectivity index is 2.07. The van der Waals surface area contributed by atoms with Crippen LogP contribution in [0.3, 0.4) is 0 Å². The van der Waals surface area contributed by atoms with E-state index in [4.69, 9.17) is 0 Å². The van der Waals surface area contributed by atoms with Gasteiger partial charge in [0.05, 0.1) is 6.10 Å². The SMILES string of the molecule is C[C@H](O)Cc1cnc(N2CCN(C=O)CC2)c(F)c1. The lowest BCUT2D eigenvalue weighted by atomic mass is 10.1. The molecule has 1 N–H and O–H groups in total. The van der Waals surface area contributed by atoms with Gasteiger partial charge in [-0.2, -0.15) is 0 Å². The van der Waals surface area contributed by atoms with Crippen molar-refractivity contribution in [3.05, 3.63) is 23.6 Å². The van der Waals surface area contributed by atoms with E-state index < -0.39 is 6.10 Å². The van der Waals surface area contributed by atoms with Gasteiger partial charge >= 0.3 is 0 Å². The van der Waals surface area contributed by atoms with Gasteiger partial charge in [0.2, 0.25) is 6.41 Å². The molecule has 0 unspecified atom stereocenters. The Bertz CT molecular complexity index is 446. The number of aliphatic hydroxyl groups excluding tert-OH is 1. The van der Waals surface area contributed by atoms with Crippen molar-refractivity contribution in [3.63, 3.8) is 0 Å². The van der Waals surface area contributed by atoms with Crippen LogP contribution < -0.4 is 4.90 Å². The number of aliphatic hydroxyl groups is 1. The second-order valence-corrected chi connectivity index (χ2v) is 4.83. The fourth-order valence-electron chi connectivity index (χ4n) is 2.19. The third kappa shape index (κ3) is 3.41. The molecule has 1 aromatic heterocycles. The quantitative estimate of drug-likeness (QED) is 0.803. The van der Waals surface area contributed by atoms with Crippen LogP contribution in [0, 0.1) is 5.82 Å². The van der Waals surface area contributed by atoms with Crippen LogP contribution in [-0.4, -0.2) is 53.7 Å². The molecule has 0 aliphatic carbocycles. The number of hydrogen-bond acceptors (Lipinski definition) is 4. The molecule has 104 valence electrons. The number of carbonyl (C=O) groups excluding carboxylic acids is 1. The molecule has 0 bridgehead atoms. The van der Waals surface area contributed by atoms with Gasteiger partial charge in [0.25, 0.3) is 0 Å². The lowest BCUT2D eigenvalue weighted by Crippen LogP contribution is -2.46. The molecule has 2 heterocycles. The minimum absolute atomic E-state index is 0.319. The lowest BCUT2D eigenvalue weighted by Gasteiger charge is -2.33. The van der Waals surface area contributed by atoms with Gasteiger partial charge in [0.1, 0.15) is 0 Å². The normalized spacial score (nSPS) is 17.4. The van der Waals surface area contributed by atoms with Crippen LogP contribution in [0.4, 0.5) is 10.2 Å². The first-order valence-corrected chi connectivity index (χ1v) is 6.37. The first-order chi connectivity index (χ1) is 9.10. The lowest BCUT2D eigenvalue weighted by molar-refractivity contribution is -0.118. The molecule has 0 spiro atoms. The third-order valence-electron chi connectivity index (χ3n) is 3.17. The maximum atomic E-state index is 14.0. The molecule has 1 saturated heterocycles. The highest BCUT2D eigenvalue weighted by molar-refractivity contribution is 5.49. The zero-order chi connectivity index (χ0) is 13.8. The van der Waals surface area contributed by atoms with Crippen molar-refractivity contribution in [2.24, 2.45) is 0 Å². The van der Waals surface area contributed by atoms with E-state index in [9.17, 15) is 14.3 Å². The third-order valence-corrected chi connectivity index (χ3v) is 3.17. The Morgan fingerprint density at radius 3 is 2.68 bits per heavy atom. The molecule has 2 rings (SSSR count). The average Bonchev–Trinajstić information content (AvgIpc) is 2.38. The smallest absolute Gasteiger partial charge is 0.209 e. The van der Waals surface area contributed by atoms with Gasteiger partial charge in [-0.25, -0.2) is 9.37 Å². The summed E-state index contributed by atoms with van der Waals surface area (Å²) >= 11 is 0. The molecule has 1 fully saturated rings.